The van der Waals surface area contributed by atoms with Crippen LogP contribution in [-0.4, -0.2) is 80.2 Å². The Labute approximate surface area is 245 Å². The van der Waals surface area contributed by atoms with Gasteiger partial charge in [-0.1, -0.05) is 61.4 Å². The first kappa shape index (κ1) is 28.3. The molecule has 42 heavy (non-hydrogen) atoms. The quantitative estimate of drug-likeness (QED) is 0.308. The Morgan fingerprint density at radius 3 is 2.62 bits per heavy atom. The molecule has 2 aromatic carbocycles. The number of benzene rings is 2. The number of amides is 1. The zero-order chi connectivity index (χ0) is 28.9. The summed E-state index contributed by atoms with van der Waals surface area (Å²) in [5, 5.41) is 23.7. The lowest BCUT2D eigenvalue weighted by Crippen LogP contribution is -2.54. The summed E-state index contributed by atoms with van der Waals surface area (Å²) < 4.78 is 13.7. The summed E-state index contributed by atoms with van der Waals surface area (Å²) in [4.78, 5) is 20.9. The van der Waals surface area contributed by atoms with Crippen molar-refractivity contribution in [2.75, 3.05) is 32.8 Å². The van der Waals surface area contributed by atoms with Gasteiger partial charge in [-0.2, -0.15) is 0 Å². The van der Waals surface area contributed by atoms with Gasteiger partial charge in [0.25, 0.3) is 5.91 Å². The smallest absolute Gasteiger partial charge is 0.275 e. The van der Waals surface area contributed by atoms with Gasteiger partial charge in [-0.25, -0.2) is 4.98 Å². The van der Waals surface area contributed by atoms with Gasteiger partial charge in [0.05, 0.1) is 30.7 Å². The van der Waals surface area contributed by atoms with Gasteiger partial charge >= 0.3 is 0 Å². The molecule has 0 spiro atoms. The predicted octanol–water partition coefficient (Wildman–Crippen LogP) is 4.14. The number of nitrogens with one attached hydrogen (secondary N) is 1. The van der Waals surface area contributed by atoms with Crippen molar-refractivity contribution in [2.45, 2.75) is 56.7 Å². The van der Waals surface area contributed by atoms with Crippen molar-refractivity contribution in [1.82, 2.24) is 30.0 Å². The van der Waals surface area contributed by atoms with Crippen LogP contribution < -0.4 is 5.32 Å². The number of carbonyl (C=O) groups is 1. The van der Waals surface area contributed by atoms with E-state index in [0.717, 1.165) is 36.1 Å². The van der Waals surface area contributed by atoms with Crippen molar-refractivity contribution in [3.05, 3.63) is 78.6 Å². The summed E-state index contributed by atoms with van der Waals surface area (Å²) in [6, 6.07) is 19.1. The molecule has 2 fully saturated rings. The van der Waals surface area contributed by atoms with Crippen LogP contribution in [0.3, 0.4) is 0 Å². The highest BCUT2D eigenvalue weighted by Gasteiger charge is 2.42. The van der Waals surface area contributed by atoms with Crippen molar-refractivity contribution < 1.29 is 19.1 Å². The second-order valence-electron chi connectivity index (χ2n) is 11.1. The van der Waals surface area contributed by atoms with Crippen molar-refractivity contribution in [3.63, 3.8) is 0 Å². The topological polar surface area (TPSA) is 119 Å². The van der Waals surface area contributed by atoms with Gasteiger partial charge in [-0.15, -0.1) is 10.2 Å². The van der Waals surface area contributed by atoms with E-state index in [1.54, 1.807) is 6.33 Å². The van der Waals surface area contributed by atoms with Crippen LogP contribution in [0.15, 0.2) is 71.4 Å². The number of imidazole rings is 1. The summed E-state index contributed by atoms with van der Waals surface area (Å²) in [6.45, 7) is 4.53. The van der Waals surface area contributed by atoms with Crippen molar-refractivity contribution in [2.24, 2.45) is 0 Å². The SMILES string of the molecule is CCOC[C@]1(O)CCCC[C@H]1n1cnc(C(=O)N2CCNC[C@H]2Cc2nnc(-c3ccccc3)o2)c1-c1ccccc1. The van der Waals surface area contributed by atoms with E-state index >= 15 is 0 Å². The van der Waals surface area contributed by atoms with Gasteiger partial charge in [0, 0.05) is 43.8 Å². The van der Waals surface area contributed by atoms with E-state index in [1.165, 1.54) is 0 Å². The Bertz CT molecular complexity index is 1470. The predicted molar refractivity (Wildman–Crippen MR) is 158 cm³/mol. The maximum Gasteiger partial charge on any atom is 0.275 e. The molecule has 1 aliphatic carbocycles. The number of rotatable bonds is 9. The first-order valence-electron chi connectivity index (χ1n) is 14.9. The van der Waals surface area contributed by atoms with Gasteiger partial charge in [0.2, 0.25) is 11.8 Å². The number of nitrogens with zero attached hydrogens (tertiary/aromatic N) is 5. The van der Waals surface area contributed by atoms with E-state index in [4.69, 9.17) is 14.1 Å². The maximum atomic E-state index is 14.3. The molecule has 0 bridgehead atoms. The number of aromatic nitrogens is 4. The monoisotopic (exact) mass is 570 g/mol. The number of carbonyl (C=O) groups excluding carboxylic acids is 1. The maximum absolute atomic E-state index is 14.3. The number of aliphatic hydroxyl groups is 1. The molecule has 2 aromatic heterocycles. The molecule has 1 saturated carbocycles. The summed E-state index contributed by atoms with van der Waals surface area (Å²) in [6.07, 6.45) is 5.50. The van der Waals surface area contributed by atoms with Crippen LogP contribution in [0.2, 0.25) is 0 Å². The molecule has 3 atom stereocenters. The Kier molecular flexibility index (Phi) is 8.46. The third-order valence-electron chi connectivity index (χ3n) is 8.40. The average Bonchev–Trinajstić information content (AvgIpc) is 3.69. The van der Waals surface area contributed by atoms with Crippen LogP contribution in [0, 0.1) is 0 Å². The molecular formula is C32H38N6O4. The third-order valence-corrected chi connectivity index (χ3v) is 8.40. The highest BCUT2D eigenvalue weighted by atomic mass is 16.5. The molecule has 220 valence electrons. The minimum Gasteiger partial charge on any atom is -0.421 e. The lowest BCUT2D eigenvalue weighted by atomic mass is 9.80. The van der Waals surface area contributed by atoms with Crippen molar-refractivity contribution in [3.8, 4) is 22.7 Å². The third kappa shape index (κ3) is 5.74. The molecule has 3 heterocycles. The molecule has 1 aliphatic heterocycles. The van der Waals surface area contributed by atoms with Gasteiger partial charge in [0.1, 0.15) is 5.60 Å². The van der Waals surface area contributed by atoms with E-state index in [-0.39, 0.29) is 24.6 Å². The van der Waals surface area contributed by atoms with E-state index in [2.05, 4.69) is 15.5 Å². The highest BCUT2D eigenvalue weighted by molar-refractivity contribution is 5.98. The van der Waals surface area contributed by atoms with E-state index in [1.807, 2.05) is 77.1 Å². The second-order valence-corrected chi connectivity index (χ2v) is 11.1. The average molecular weight is 571 g/mol. The van der Waals surface area contributed by atoms with E-state index in [0.29, 0.717) is 56.6 Å². The van der Waals surface area contributed by atoms with Crippen molar-refractivity contribution >= 4 is 5.91 Å². The molecule has 10 heteroatoms. The van der Waals surface area contributed by atoms with Gasteiger partial charge in [0.15, 0.2) is 5.69 Å². The van der Waals surface area contributed by atoms with Crippen LogP contribution in [0.5, 0.6) is 0 Å². The number of hydrogen-bond acceptors (Lipinski definition) is 8. The van der Waals surface area contributed by atoms with E-state index < -0.39 is 5.60 Å². The van der Waals surface area contributed by atoms with Crippen LogP contribution in [0.25, 0.3) is 22.7 Å². The molecule has 0 unspecified atom stereocenters. The van der Waals surface area contributed by atoms with Crippen LogP contribution in [-0.2, 0) is 11.2 Å². The first-order chi connectivity index (χ1) is 20.6. The molecule has 1 amide bonds. The van der Waals surface area contributed by atoms with Gasteiger partial charge < -0.3 is 29.0 Å². The Balaban J connectivity index is 1.32. The standard InChI is InChI=1S/C32H38N6O4/c1-2-41-21-32(40)16-10-9-15-26(32)38-22-34-28(29(38)23-11-5-3-6-12-23)31(39)37-18-17-33-20-25(37)19-27-35-36-30(42-27)24-13-7-4-8-14-24/h3-8,11-14,22,25-26,33,40H,2,9-10,15-21H2,1H3/t25-,26-,32-/m1/s1. The van der Waals surface area contributed by atoms with Gasteiger partial charge in [-0.05, 0) is 31.9 Å². The Morgan fingerprint density at radius 1 is 1.10 bits per heavy atom. The minimum atomic E-state index is -1.04. The van der Waals surface area contributed by atoms with Crippen molar-refractivity contribution in [1.29, 1.82) is 0 Å². The van der Waals surface area contributed by atoms with Crippen LogP contribution in [0.4, 0.5) is 0 Å². The number of hydrogen-bond donors (Lipinski definition) is 2. The zero-order valence-electron chi connectivity index (χ0n) is 24.0. The van der Waals surface area contributed by atoms with Crippen LogP contribution in [0.1, 0.15) is 55.0 Å². The molecular weight excluding hydrogens is 532 g/mol. The molecule has 2 aliphatic rings. The lowest BCUT2D eigenvalue weighted by molar-refractivity contribution is -0.0972. The fraction of sp³-hybridized carbons (Fsp3) is 0.438. The highest BCUT2D eigenvalue weighted by Crippen LogP contribution is 2.41. The summed E-state index contributed by atoms with van der Waals surface area (Å²) in [7, 11) is 0. The first-order valence-corrected chi connectivity index (χ1v) is 14.9. The summed E-state index contributed by atoms with van der Waals surface area (Å²) in [5.74, 6) is 0.799. The zero-order valence-corrected chi connectivity index (χ0v) is 24.0. The molecule has 4 aromatic rings. The largest absolute Gasteiger partial charge is 0.421 e. The van der Waals surface area contributed by atoms with Gasteiger partial charge in [-0.3, -0.25) is 4.79 Å². The Morgan fingerprint density at radius 2 is 1.86 bits per heavy atom. The molecule has 6 rings (SSSR count). The fourth-order valence-corrected chi connectivity index (χ4v) is 6.27. The number of piperazine rings is 1. The van der Waals surface area contributed by atoms with E-state index in [9.17, 15) is 9.90 Å². The van der Waals surface area contributed by atoms with Crippen LogP contribution >= 0.6 is 0 Å². The fourth-order valence-electron chi connectivity index (χ4n) is 6.27. The number of ether oxygens (including phenoxy) is 1. The summed E-state index contributed by atoms with van der Waals surface area (Å²) >= 11 is 0. The Hall–Kier alpha value is -3.86. The second kappa shape index (κ2) is 12.6. The minimum absolute atomic E-state index is 0.147. The lowest BCUT2D eigenvalue weighted by Gasteiger charge is -2.41. The summed E-state index contributed by atoms with van der Waals surface area (Å²) in [5.41, 5.74) is 1.82. The normalized spacial score (nSPS) is 22.8. The molecule has 2 N–H and O–H groups in total. The molecule has 1 saturated heterocycles. The molecule has 10 nitrogen and oxygen atoms in total. The molecule has 0 radical (unpaired) electrons.